The van der Waals surface area contributed by atoms with E-state index in [1.165, 1.54) is 12.1 Å². The van der Waals surface area contributed by atoms with Gasteiger partial charge in [-0.3, -0.25) is 0 Å². The Labute approximate surface area is 201 Å². The van der Waals surface area contributed by atoms with E-state index in [4.69, 9.17) is 9.57 Å². The van der Waals surface area contributed by atoms with Gasteiger partial charge in [0.1, 0.15) is 12.4 Å². The molecule has 1 N–H and O–H groups in total. The van der Waals surface area contributed by atoms with E-state index in [0.29, 0.717) is 29.9 Å². The summed E-state index contributed by atoms with van der Waals surface area (Å²) < 4.78 is 43.9. The number of aryl methyl sites for hydroxylation is 1. The molecule has 0 aliphatic heterocycles. The van der Waals surface area contributed by atoms with E-state index in [1.54, 1.807) is 13.0 Å². The molecule has 0 bridgehead atoms. The largest absolute Gasteiger partial charge is 0.479 e. The Morgan fingerprint density at radius 2 is 1.66 bits per heavy atom. The fourth-order valence-electron chi connectivity index (χ4n) is 3.40. The van der Waals surface area contributed by atoms with Gasteiger partial charge in [0.25, 0.3) is 0 Å². The molecular formula is C27H26F3NO4. The molecule has 35 heavy (non-hydrogen) atoms. The number of alkyl halides is 3. The number of rotatable bonds is 10. The average molecular weight is 486 g/mol. The number of hydrogen-bond donors (Lipinski definition) is 1. The lowest BCUT2D eigenvalue weighted by Gasteiger charge is -2.16. The lowest BCUT2D eigenvalue weighted by Crippen LogP contribution is -2.26. The summed E-state index contributed by atoms with van der Waals surface area (Å²) in [5.74, 6) is -0.514. The highest BCUT2D eigenvalue weighted by Gasteiger charge is 2.29. The monoisotopic (exact) mass is 485 g/mol. The van der Waals surface area contributed by atoms with Crippen LogP contribution in [-0.4, -0.2) is 22.9 Å². The Morgan fingerprint density at radius 3 is 2.23 bits per heavy atom. The SMILES string of the molecule is CCC(Oc1ccc(CC(=NOCc2ccc(C(F)(F)F)cc2)c2ccccc2)cc1C)C(=O)O. The van der Waals surface area contributed by atoms with Gasteiger partial charge in [-0.15, -0.1) is 0 Å². The second-order valence-electron chi connectivity index (χ2n) is 8.00. The van der Waals surface area contributed by atoms with Crippen molar-refractivity contribution in [1.29, 1.82) is 0 Å². The smallest absolute Gasteiger partial charge is 0.416 e. The Balaban J connectivity index is 1.75. The van der Waals surface area contributed by atoms with Crippen LogP contribution in [0.25, 0.3) is 0 Å². The number of oxime groups is 1. The minimum absolute atomic E-state index is 0.0217. The first-order valence-corrected chi connectivity index (χ1v) is 11.1. The molecule has 3 aromatic rings. The highest BCUT2D eigenvalue weighted by molar-refractivity contribution is 6.01. The summed E-state index contributed by atoms with van der Waals surface area (Å²) in [6.45, 7) is 3.61. The van der Waals surface area contributed by atoms with Crippen LogP contribution < -0.4 is 4.74 Å². The van der Waals surface area contributed by atoms with Crippen molar-refractivity contribution < 1.29 is 32.6 Å². The van der Waals surface area contributed by atoms with Crippen molar-refractivity contribution in [3.05, 3.63) is 101 Å². The second kappa shape index (κ2) is 11.6. The zero-order valence-corrected chi connectivity index (χ0v) is 19.4. The quantitative estimate of drug-likeness (QED) is 0.266. The lowest BCUT2D eigenvalue weighted by atomic mass is 10.0. The summed E-state index contributed by atoms with van der Waals surface area (Å²) in [6.07, 6.45) is -4.53. The summed E-state index contributed by atoms with van der Waals surface area (Å²) >= 11 is 0. The second-order valence-corrected chi connectivity index (χ2v) is 8.00. The van der Waals surface area contributed by atoms with Crippen LogP contribution in [0.2, 0.25) is 0 Å². The maximum absolute atomic E-state index is 12.8. The third kappa shape index (κ3) is 7.34. The number of aliphatic carboxylic acids is 1. The molecule has 0 aromatic heterocycles. The van der Waals surface area contributed by atoms with Crippen molar-refractivity contribution in [2.45, 2.75) is 45.6 Å². The third-order valence-corrected chi connectivity index (χ3v) is 5.32. The Kier molecular flexibility index (Phi) is 8.52. The molecule has 3 aromatic carbocycles. The van der Waals surface area contributed by atoms with E-state index < -0.39 is 23.8 Å². The summed E-state index contributed by atoms with van der Waals surface area (Å²) in [6, 6.07) is 19.7. The molecule has 0 saturated carbocycles. The number of carbonyl (C=O) groups is 1. The zero-order chi connectivity index (χ0) is 25.4. The molecule has 5 nitrogen and oxygen atoms in total. The fourth-order valence-corrected chi connectivity index (χ4v) is 3.40. The van der Waals surface area contributed by atoms with Crippen molar-refractivity contribution in [1.82, 2.24) is 0 Å². The van der Waals surface area contributed by atoms with Crippen molar-refractivity contribution >= 4 is 11.7 Å². The van der Waals surface area contributed by atoms with Crippen LogP contribution in [0.5, 0.6) is 5.75 Å². The maximum atomic E-state index is 12.8. The number of halogens is 3. The van der Waals surface area contributed by atoms with Crippen molar-refractivity contribution in [2.24, 2.45) is 5.16 Å². The molecule has 0 amide bonds. The Morgan fingerprint density at radius 1 is 1.00 bits per heavy atom. The molecule has 0 radical (unpaired) electrons. The van der Waals surface area contributed by atoms with Crippen molar-refractivity contribution in [3.63, 3.8) is 0 Å². The van der Waals surface area contributed by atoms with Crippen LogP contribution in [0, 0.1) is 6.92 Å². The van der Waals surface area contributed by atoms with Gasteiger partial charge in [-0.1, -0.05) is 66.7 Å². The molecule has 0 saturated heterocycles. The number of benzene rings is 3. The first-order valence-electron chi connectivity index (χ1n) is 11.1. The summed E-state index contributed by atoms with van der Waals surface area (Å²) in [5.41, 5.74) is 3.04. The number of ether oxygens (including phenoxy) is 1. The van der Waals surface area contributed by atoms with Crippen LogP contribution >= 0.6 is 0 Å². The molecule has 184 valence electrons. The van der Waals surface area contributed by atoms with Gasteiger partial charge in [0, 0.05) is 6.42 Å². The molecule has 0 spiro atoms. The van der Waals surface area contributed by atoms with Gasteiger partial charge in [-0.25, -0.2) is 4.79 Å². The number of carboxylic acids is 1. The molecule has 0 aliphatic carbocycles. The normalized spacial score (nSPS) is 12.8. The Hall–Kier alpha value is -3.81. The van der Waals surface area contributed by atoms with Crippen LogP contribution in [0.3, 0.4) is 0 Å². The van der Waals surface area contributed by atoms with Gasteiger partial charge in [0.05, 0.1) is 11.3 Å². The molecule has 1 atom stereocenters. The van der Waals surface area contributed by atoms with E-state index in [9.17, 15) is 23.1 Å². The Bertz CT molecular complexity index is 1160. The highest BCUT2D eigenvalue weighted by Crippen LogP contribution is 2.29. The highest BCUT2D eigenvalue weighted by atomic mass is 19.4. The molecule has 8 heteroatoms. The van der Waals surface area contributed by atoms with E-state index in [1.807, 2.05) is 49.4 Å². The first kappa shape index (κ1) is 25.8. The van der Waals surface area contributed by atoms with Gasteiger partial charge in [0.15, 0.2) is 6.10 Å². The minimum atomic E-state index is -4.39. The van der Waals surface area contributed by atoms with Gasteiger partial charge in [-0.05, 0) is 53.8 Å². The zero-order valence-electron chi connectivity index (χ0n) is 19.4. The predicted octanol–water partition coefficient (Wildman–Crippen LogP) is 6.42. The topological polar surface area (TPSA) is 68.1 Å². The summed E-state index contributed by atoms with van der Waals surface area (Å²) in [5, 5.41) is 13.5. The summed E-state index contributed by atoms with van der Waals surface area (Å²) in [4.78, 5) is 16.8. The molecule has 1 unspecified atom stereocenters. The average Bonchev–Trinajstić information content (AvgIpc) is 2.83. The van der Waals surface area contributed by atoms with Crippen LogP contribution in [0.1, 0.15) is 41.2 Å². The van der Waals surface area contributed by atoms with Gasteiger partial charge in [-0.2, -0.15) is 13.2 Å². The molecular weight excluding hydrogens is 459 g/mol. The molecule has 0 fully saturated rings. The van der Waals surface area contributed by atoms with E-state index in [0.717, 1.165) is 28.8 Å². The minimum Gasteiger partial charge on any atom is -0.479 e. The maximum Gasteiger partial charge on any atom is 0.416 e. The van der Waals surface area contributed by atoms with Crippen molar-refractivity contribution in [3.8, 4) is 5.75 Å². The first-order chi connectivity index (χ1) is 16.7. The standard InChI is InChI=1S/C27H26F3NO4/c1-3-24(26(32)33)35-25-14-11-20(15-18(25)2)16-23(21-7-5-4-6-8-21)31-34-17-19-9-12-22(13-10-19)27(28,29)30/h4-15,24H,3,16-17H2,1-2H3,(H,32,33). The molecule has 3 rings (SSSR count). The van der Waals surface area contributed by atoms with Gasteiger partial charge in [0.2, 0.25) is 0 Å². The van der Waals surface area contributed by atoms with Gasteiger partial charge >= 0.3 is 12.1 Å². The van der Waals surface area contributed by atoms with Crippen LogP contribution in [0.15, 0.2) is 78.0 Å². The van der Waals surface area contributed by atoms with Gasteiger partial charge < -0.3 is 14.7 Å². The van der Waals surface area contributed by atoms with Crippen molar-refractivity contribution in [2.75, 3.05) is 0 Å². The van der Waals surface area contributed by atoms with E-state index in [2.05, 4.69) is 5.16 Å². The summed E-state index contributed by atoms with van der Waals surface area (Å²) in [7, 11) is 0. The molecule has 0 heterocycles. The van der Waals surface area contributed by atoms with E-state index >= 15 is 0 Å². The molecule has 0 aliphatic rings. The third-order valence-electron chi connectivity index (χ3n) is 5.32. The number of nitrogens with zero attached hydrogens (tertiary/aromatic N) is 1. The number of hydrogen-bond acceptors (Lipinski definition) is 4. The fraction of sp³-hybridized carbons (Fsp3) is 0.259. The van der Waals surface area contributed by atoms with Crippen LogP contribution in [-0.2, 0) is 28.8 Å². The van der Waals surface area contributed by atoms with Crippen LogP contribution in [0.4, 0.5) is 13.2 Å². The predicted molar refractivity (Wildman–Crippen MR) is 126 cm³/mol. The number of carboxylic acid groups (broad SMARTS) is 1. The van der Waals surface area contributed by atoms with E-state index in [-0.39, 0.29) is 6.61 Å². The lowest BCUT2D eigenvalue weighted by molar-refractivity contribution is -0.145.